The molecular weight excluding hydrogens is 330 g/mol. The van der Waals surface area contributed by atoms with Crippen molar-refractivity contribution in [3.8, 4) is 16.9 Å². The van der Waals surface area contributed by atoms with Crippen LogP contribution in [0.2, 0.25) is 0 Å². The standard InChI is InChI=1S/C21H17NO4/c1-26-15-8-6-7-14(13-15)22-20(23)18-11-4-2-9-16(18)17-10-3-5-12-19(17)21(24)25/h2-13H,1H3,(H,22,23)(H,24,25)/p-1. The molecule has 0 radical (unpaired) electrons. The molecule has 0 saturated carbocycles. The van der Waals surface area contributed by atoms with E-state index in [1.807, 2.05) is 0 Å². The van der Waals surface area contributed by atoms with Crippen molar-refractivity contribution in [2.75, 3.05) is 12.4 Å². The van der Waals surface area contributed by atoms with Gasteiger partial charge in [-0.1, -0.05) is 48.5 Å². The van der Waals surface area contributed by atoms with Gasteiger partial charge in [0, 0.05) is 22.9 Å². The molecule has 0 saturated heterocycles. The first-order valence-corrected chi connectivity index (χ1v) is 7.95. The first-order valence-electron chi connectivity index (χ1n) is 7.95. The molecular formula is C21H16NO4-. The molecule has 0 aromatic heterocycles. The first-order chi connectivity index (χ1) is 12.6. The fraction of sp³-hybridized carbons (Fsp3) is 0.0476. The zero-order chi connectivity index (χ0) is 18.5. The quantitative estimate of drug-likeness (QED) is 0.770. The zero-order valence-corrected chi connectivity index (χ0v) is 14.1. The van der Waals surface area contributed by atoms with Crippen LogP contribution in [0.4, 0.5) is 5.69 Å². The van der Waals surface area contributed by atoms with Gasteiger partial charge in [-0.2, -0.15) is 0 Å². The highest BCUT2D eigenvalue weighted by atomic mass is 16.5. The van der Waals surface area contributed by atoms with Crippen molar-refractivity contribution in [3.05, 3.63) is 83.9 Å². The number of amides is 1. The minimum atomic E-state index is -1.29. The second-order valence-corrected chi connectivity index (χ2v) is 5.56. The van der Waals surface area contributed by atoms with Crippen molar-refractivity contribution < 1.29 is 19.4 Å². The molecule has 0 bridgehead atoms. The summed E-state index contributed by atoms with van der Waals surface area (Å²) in [6.45, 7) is 0. The molecule has 130 valence electrons. The summed E-state index contributed by atoms with van der Waals surface area (Å²) in [5, 5.41) is 14.2. The number of anilines is 1. The second kappa shape index (κ2) is 7.53. The highest BCUT2D eigenvalue weighted by Gasteiger charge is 2.15. The van der Waals surface area contributed by atoms with Crippen LogP contribution in [0.3, 0.4) is 0 Å². The minimum Gasteiger partial charge on any atom is -0.545 e. The summed E-state index contributed by atoms with van der Waals surface area (Å²) in [4.78, 5) is 24.2. The predicted molar refractivity (Wildman–Crippen MR) is 97.2 cm³/mol. The summed E-state index contributed by atoms with van der Waals surface area (Å²) >= 11 is 0. The fourth-order valence-electron chi connectivity index (χ4n) is 2.71. The number of benzene rings is 3. The molecule has 3 rings (SSSR count). The Kier molecular flexibility index (Phi) is 4.99. The Balaban J connectivity index is 2.00. The number of ether oxygens (including phenoxy) is 1. The Morgan fingerprint density at radius 3 is 2.12 bits per heavy atom. The van der Waals surface area contributed by atoms with Crippen LogP contribution in [-0.2, 0) is 0 Å². The molecule has 1 N–H and O–H groups in total. The maximum absolute atomic E-state index is 12.8. The van der Waals surface area contributed by atoms with Crippen LogP contribution < -0.4 is 15.2 Å². The van der Waals surface area contributed by atoms with Gasteiger partial charge in [0.1, 0.15) is 5.75 Å². The molecule has 0 aliphatic carbocycles. The molecule has 26 heavy (non-hydrogen) atoms. The molecule has 3 aromatic rings. The molecule has 0 unspecified atom stereocenters. The van der Waals surface area contributed by atoms with Gasteiger partial charge < -0.3 is 20.0 Å². The molecule has 1 amide bonds. The van der Waals surface area contributed by atoms with E-state index in [0.29, 0.717) is 28.1 Å². The molecule has 0 fully saturated rings. The van der Waals surface area contributed by atoms with Crippen LogP contribution in [0.1, 0.15) is 20.7 Å². The normalized spacial score (nSPS) is 10.2. The average Bonchev–Trinajstić information content (AvgIpc) is 2.68. The van der Waals surface area contributed by atoms with Gasteiger partial charge in [0.2, 0.25) is 0 Å². The van der Waals surface area contributed by atoms with E-state index in [2.05, 4.69) is 5.32 Å². The lowest BCUT2D eigenvalue weighted by molar-refractivity contribution is -0.254. The summed E-state index contributed by atoms with van der Waals surface area (Å²) in [5.74, 6) is -1.01. The zero-order valence-electron chi connectivity index (χ0n) is 14.1. The van der Waals surface area contributed by atoms with Gasteiger partial charge in [-0.25, -0.2) is 0 Å². The maximum atomic E-state index is 12.8. The third-order valence-electron chi connectivity index (χ3n) is 3.94. The highest BCUT2D eigenvalue weighted by Crippen LogP contribution is 2.28. The van der Waals surface area contributed by atoms with Crippen molar-refractivity contribution in [3.63, 3.8) is 0 Å². The number of aromatic carboxylic acids is 1. The minimum absolute atomic E-state index is 0.0362. The van der Waals surface area contributed by atoms with E-state index in [1.54, 1.807) is 73.8 Å². The average molecular weight is 346 g/mol. The van der Waals surface area contributed by atoms with Crippen LogP contribution in [-0.4, -0.2) is 19.0 Å². The smallest absolute Gasteiger partial charge is 0.256 e. The number of carbonyl (C=O) groups excluding carboxylic acids is 2. The van der Waals surface area contributed by atoms with E-state index in [-0.39, 0.29) is 11.5 Å². The molecule has 5 nitrogen and oxygen atoms in total. The molecule has 5 heteroatoms. The number of carboxylic acids is 1. The number of carboxylic acid groups (broad SMARTS) is 1. The number of rotatable bonds is 5. The van der Waals surface area contributed by atoms with Gasteiger partial charge in [0.25, 0.3) is 5.91 Å². The first kappa shape index (κ1) is 17.2. The third-order valence-corrected chi connectivity index (χ3v) is 3.94. The number of methoxy groups -OCH3 is 1. The van der Waals surface area contributed by atoms with Gasteiger partial charge in [0.05, 0.1) is 13.1 Å². The molecule has 0 spiro atoms. The van der Waals surface area contributed by atoms with Gasteiger partial charge in [-0.15, -0.1) is 0 Å². The molecule has 0 aliphatic rings. The van der Waals surface area contributed by atoms with Crippen molar-refractivity contribution >= 4 is 17.6 Å². The largest absolute Gasteiger partial charge is 0.545 e. The fourth-order valence-corrected chi connectivity index (χ4v) is 2.71. The van der Waals surface area contributed by atoms with Crippen LogP contribution >= 0.6 is 0 Å². The lowest BCUT2D eigenvalue weighted by Gasteiger charge is -2.14. The van der Waals surface area contributed by atoms with Crippen LogP contribution in [0.5, 0.6) is 5.75 Å². The van der Waals surface area contributed by atoms with Crippen molar-refractivity contribution in [1.29, 1.82) is 0 Å². The van der Waals surface area contributed by atoms with Gasteiger partial charge in [-0.05, 0) is 29.3 Å². The summed E-state index contributed by atoms with van der Waals surface area (Å²) < 4.78 is 5.15. The second-order valence-electron chi connectivity index (χ2n) is 5.56. The van der Waals surface area contributed by atoms with Gasteiger partial charge in [-0.3, -0.25) is 4.79 Å². The summed E-state index contributed by atoms with van der Waals surface area (Å²) in [6.07, 6.45) is 0. The topological polar surface area (TPSA) is 78.5 Å². The monoisotopic (exact) mass is 346 g/mol. The van der Waals surface area contributed by atoms with Gasteiger partial charge in [0.15, 0.2) is 0 Å². The number of hydrogen-bond donors (Lipinski definition) is 1. The van der Waals surface area contributed by atoms with E-state index in [1.165, 1.54) is 6.07 Å². The molecule has 0 atom stereocenters. The Hall–Kier alpha value is -3.60. The van der Waals surface area contributed by atoms with Crippen LogP contribution in [0.15, 0.2) is 72.8 Å². The van der Waals surface area contributed by atoms with Crippen molar-refractivity contribution in [2.45, 2.75) is 0 Å². The summed E-state index contributed by atoms with van der Waals surface area (Å²) in [5.41, 5.74) is 1.94. The van der Waals surface area contributed by atoms with Crippen LogP contribution in [0, 0.1) is 0 Å². The molecule has 0 heterocycles. The summed E-state index contributed by atoms with van der Waals surface area (Å²) in [7, 11) is 1.55. The van der Waals surface area contributed by atoms with E-state index < -0.39 is 5.97 Å². The number of nitrogens with one attached hydrogen (secondary N) is 1. The van der Waals surface area contributed by atoms with E-state index >= 15 is 0 Å². The van der Waals surface area contributed by atoms with Crippen LogP contribution in [0.25, 0.3) is 11.1 Å². The SMILES string of the molecule is COc1cccc(NC(=O)c2ccccc2-c2ccccc2C(=O)[O-])c1. The Morgan fingerprint density at radius 1 is 0.846 bits per heavy atom. The summed E-state index contributed by atoms with van der Waals surface area (Å²) in [6, 6.07) is 20.3. The Bertz CT molecular complexity index is 965. The molecule has 0 aliphatic heterocycles. The molecule has 3 aromatic carbocycles. The maximum Gasteiger partial charge on any atom is 0.256 e. The third kappa shape index (κ3) is 3.57. The Labute approximate surface area is 150 Å². The van der Waals surface area contributed by atoms with Crippen molar-refractivity contribution in [2.24, 2.45) is 0 Å². The van der Waals surface area contributed by atoms with E-state index in [4.69, 9.17) is 4.74 Å². The Morgan fingerprint density at radius 2 is 1.46 bits per heavy atom. The highest BCUT2D eigenvalue weighted by molar-refractivity contribution is 6.10. The van der Waals surface area contributed by atoms with Gasteiger partial charge >= 0.3 is 0 Å². The number of carbonyl (C=O) groups is 2. The lowest BCUT2D eigenvalue weighted by Crippen LogP contribution is -2.23. The van der Waals surface area contributed by atoms with Crippen molar-refractivity contribution in [1.82, 2.24) is 0 Å². The lowest BCUT2D eigenvalue weighted by atomic mass is 9.95. The van der Waals surface area contributed by atoms with E-state index in [0.717, 1.165) is 0 Å². The van der Waals surface area contributed by atoms with E-state index in [9.17, 15) is 14.7 Å². The predicted octanol–water partition coefficient (Wildman–Crippen LogP) is 2.98. The number of hydrogen-bond acceptors (Lipinski definition) is 4.